The number of aliphatic carboxylic acids is 1. The van der Waals surface area contributed by atoms with E-state index in [0.717, 1.165) is 0 Å². The summed E-state index contributed by atoms with van der Waals surface area (Å²) >= 11 is 1.24. The molecule has 3 heterocycles. The molecule has 0 aromatic carbocycles. The van der Waals surface area contributed by atoms with Gasteiger partial charge in [-0.05, 0) is 21.9 Å². The van der Waals surface area contributed by atoms with Crippen LogP contribution in [0, 0.1) is 0 Å². The van der Waals surface area contributed by atoms with Gasteiger partial charge in [-0.25, -0.2) is 4.68 Å². The summed E-state index contributed by atoms with van der Waals surface area (Å²) in [4.78, 5) is 23.8. The molecule has 1 aromatic rings. The number of rotatable bonds is 2. The number of aryl methyl sites for hydroxylation is 1. The molecule has 0 unspecified atom stereocenters. The molecule has 3 rings (SSSR count). The van der Waals surface area contributed by atoms with Crippen LogP contribution in [-0.2, 0) is 16.6 Å². The number of carbonyl (C=O) groups is 2. The Labute approximate surface area is 133 Å². The van der Waals surface area contributed by atoms with Crippen molar-refractivity contribution in [1.29, 1.82) is 0 Å². The zero-order valence-corrected chi connectivity index (χ0v) is 12.9. The van der Waals surface area contributed by atoms with Crippen LogP contribution < -0.4 is 34.7 Å². The van der Waals surface area contributed by atoms with E-state index in [2.05, 4.69) is 15.5 Å². The molecule has 0 aliphatic carbocycles. The van der Waals surface area contributed by atoms with Crippen molar-refractivity contribution in [3.63, 3.8) is 0 Å². The van der Waals surface area contributed by atoms with Crippen LogP contribution in [0.2, 0.25) is 0 Å². The molecule has 0 N–H and O–H groups in total. The van der Waals surface area contributed by atoms with Crippen LogP contribution in [0.3, 0.4) is 0 Å². The van der Waals surface area contributed by atoms with Crippen molar-refractivity contribution >= 4 is 29.7 Å². The molecule has 8 nitrogen and oxygen atoms in total. The molecule has 2 aliphatic rings. The number of hydrogen-bond donors (Lipinski definition) is 0. The van der Waals surface area contributed by atoms with E-state index in [0.29, 0.717) is 11.4 Å². The van der Waals surface area contributed by atoms with Gasteiger partial charge in [0.15, 0.2) is 5.82 Å². The first kappa shape index (κ1) is 14.3. The third-order valence-corrected chi connectivity index (χ3v) is 3.76. The SMILES string of the molecule is Cn1nnnc1/C=C1/C(=O)N2C(C(=O)[O-])=CS[C@H]12.[Na+]. The quantitative estimate of drug-likeness (QED) is 0.305. The van der Waals surface area contributed by atoms with E-state index in [-0.39, 0.29) is 46.5 Å². The molecule has 1 amide bonds. The van der Waals surface area contributed by atoms with Crippen LogP contribution in [0.15, 0.2) is 16.7 Å². The van der Waals surface area contributed by atoms with Gasteiger partial charge in [-0.1, -0.05) is 0 Å². The summed E-state index contributed by atoms with van der Waals surface area (Å²) in [6.45, 7) is 0. The molecule has 1 saturated heterocycles. The summed E-state index contributed by atoms with van der Waals surface area (Å²) in [6.07, 6.45) is 1.56. The minimum absolute atomic E-state index is 0. The largest absolute Gasteiger partial charge is 1.00 e. The fraction of sp³-hybridized carbons (Fsp3) is 0.222. The number of β-lactam (4-membered cyclic amide) rings is 1. The van der Waals surface area contributed by atoms with Gasteiger partial charge in [-0.2, -0.15) is 0 Å². The number of tetrazole rings is 1. The standard InChI is InChI=1S/C9H7N5O3S.Na/c1-13-6(10-11-12-13)2-4-7(15)14-5(9(16)17)3-18-8(4)14;/h2-3,8H,1H3,(H,16,17);/q;+1/p-1/b4-2-;/t8-;/m1./s1. The van der Waals surface area contributed by atoms with E-state index in [1.165, 1.54) is 26.8 Å². The van der Waals surface area contributed by atoms with Crippen molar-refractivity contribution in [3.8, 4) is 0 Å². The third-order valence-electron chi connectivity index (χ3n) is 2.68. The molecule has 0 saturated carbocycles. The van der Waals surface area contributed by atoms with Gasteiger partial charge in [0.1, 0.15) is 5.37 Å². The maximum atomic E-state index is 11.8. The van der Waals surface area contributed by atoms with Gasteiger partial charge >= 0.3 is 29.6 Å². The van der Waals surface area contributed by atoms with Gasteiger partial charge in [0.25, 0.3) is 5.91 Å². The zero-order chi connectivity index (χ0) is 12.9. The molecule has 92 valence electrons. The Morgan fingerprint density at radius 2 is 2.32 bits per heavy atom. The summed E-state index contributed by atoms with van der Waals surface area (Å²) in [5, 5.41) is 22.7. The average Bonchev–Trinajstić information content (AvgIpc) is 2.90. The van der Waals surface area contributed by atoms with Crippen molar-refractivity contribution in [2.75, 3.05) is 0 Å². The molecule has 1 aromatic heterocycles. The molecule has 1 atom stereocenters. The van der Waals surface area contributed by atoms with Crippen LogP contribution in [0.5, 0.6) is 0 Å². The Hall–Kier alpha value is -1.16. The molecule has 10 heteroatoms. The van der Waals surface area contributed by atoms with E-state index in [4.69, 9.17) is 0 Å². The van der Waals surface area contributed by atoms with Gasteiger partial charge in [0.2, 0.25) is 0 Å². The third kappa shape index (κ3) is 2.12. The van der Waals surface area contributed by atoms with Gasteiger partial charge < -0.3 is 9.90 Å². The summed E-state index contributed by atoms with van der Waals surface area (Å²) in [6, 6.07) is 0. The number of aromatic nitrogens is 4. The Morgan fingerprint density at radius 3 is 2.89 bits per heavy atom. The molecular formula is C9H6N5NaO3S. The topological polar surface area (TPSA) is 104 Å². The van der Waals surface area contributed by atoms with Crippen molar-refractivity contribution in [3.05, 3.63) is 22.5 Å². The van der Waals surface area contributed by atoms with E-state index >= 15 is 0 Å². The van der Waals surface area contributed by atoms with Crippen LogP contribution in [-0.4, -0.2) is 42.4 Å². The van der Waals surface area contributed by atoms with E-state index < -0.39 is 5.97 Å². The second-order valence-electron chi connectivity index (χ2n) is 3.71. The Bertz CT molecular complexity index is 625. The summed E-state index contributed by atoms with van der Waals surface area (Å²) in [5.41, 5.74) is 0.383. The smallest absolute Gasteiger partial charge is 0.543 e. The minimum atomic E-state index is -1.35. The Morgan fingerprint density at radius 1 is 1.58 bits per heavy atom. The number of amides is 1. The average molecular weight is 287 g/mol. The Balaban J connectivity index is 0.00000133. The zero-order valence-electron chi connectivity index (χ0n) is 10.1. The van der Waals surface area contributed by atoms with Crippen LogP contribution >= 0.6 is 11.8 Å². The number of carbonyl (C=O) groups excluding carboxylic acids is 2. The number of thioether (sulfide) groups is 1. The van der Waals surface area contributed by atoms with Crippen LogP contribution in [0.25, 0.3) is 6.08 Å². The maximum Gasteiger partial charge on any atom is 1.00 e. The predicted molar refractivity (Wildman–Crippen MR) is 58.1 cm³/mol. The number of fused-ring (bicyclic) bond motifs is 1. The van der Waals surface area contributed by atoms with Crippen molar-refractivity contribution in [1.82, 2.24) is 25.1 Å². The summed E-state index contributed by atoms with van der Waals surface area (Å²) < 4.78 is 1.43. The summed E-state index contributed by atoms with van der Waals surface area (Å²) in [5.74, 6) is -1.26. The summed E-state index contributed by atoms with van der Waals surface area (Å²) in [7, 11) is 1.65. The van der Waals surface area contributed by atoms with Gasteiger partial charge in [0, 0.05) is 7.05 Å². The second-order valence-corrected chi connectivity index (χ2v) is 4.67. The number of nitrogens with zero attached hydrogens (tertiary/aromatic N) is 5. The van der Waals surface area contributed by atoms with E-state index in [1.54, 1.807) is 13.1 Å². The van der Waals surface area contributed by atoms with Crippen molar-refractivity contribution < 1.29 is 44.3 Å². The fourth-order valence-corrected chi connectivity index (χ4v) is 2.87. The molecule has 0 radical (unpaired) electrons. The van der Waals surface area contributed by atoms with Crippen molar-refractivity contribution in [2.24, 2.45) is 7.05 Å². The first-order valence-corrected chi connectivity index (χ1v) is 5.88. The number of carboxylic acid groups (broad SMARTS) is 1. The normalized spacial score (nSPS) is 22.7. The molecule has 0 bridgehead atoms. The number of carboxylic acids is 1. The van der Waals surface area contributed by atoms with Gasteiger partial charge in [-0.3, -0.25) is 9.69 Å². The fourth-order valence-electron chi connectivity index (χ4n) is 1.76. The van der Waals surface area contributed by atoms with Gasteiger partial charge in [0.05, 0.1) is 17.2 Å². The predicted octanol–water partition coefficient (Wildman–Crippen LogP) is -4.90. The van der Waals surface area contributed by atoms with E-state index in [1.807, 2.05) is 0 Å². The van der Waals surface area contributed by atoms with E-state index in [9.17, 15) is 14.7 Å². The maximum absolute atomic E-state index is 11.8. The molecule has 0 spiro atoms. The van der Waals surface area contributed by atoms with Gasteiger partial charge in [-0.15, -0.1) is 16.9 Å². The molecule has 19 heavy (non-hydrogen) atoms. The minimum Gasteiger partial charge on any atom is -0.543 e. The number of hydrogen-bond acceptors (Lipinski definition) is 7. The molecule has 1 fully saturated rings. The first-order chi connectivity index (χ1) is 8.59. The van der Waals surface area contributed by atoms with Crippen LogP contribution in [0.4, 0.5) is 0 Å². The Kier molecular flexibility index (Phi) is 3.81. The monoisotopic (exact) mass is 287 g/mol. The van der Waals surface area contributed by atoms with Crippen LogP contribution in [0.1, 0.15) is 5.82 Å². The first-order valence-electron chi connectivity index (χ1n) is 4.94. The molecule has 2 aliphatic heterocycles. The van der Waals surface area contributed by atoms with Crippen molar-refractivity contribution in [2.45, 2.75) is 5.37 Å². The molecular weight excluding hydrogens is 281 g/mol. The second kappa shape index (κ2) is 5.08.